The summed E-state index contributed by atoms with van der Waals surface area (Å²) in [6, 6.07) is 15.7. The number of aromatic nitrogens is 4. The van der Waals surface area contributed by atoms with Crippen LogP contribution in [-0.2, 0) is 6.42 Å². The summed E-state index contributed by atoms with van der Waals surface area (Å²) in [6.07, 6.45) is 2.13. The van der Waals surface area contributed by atoms with Crippen LogP contribution in [0.2, 0.25) is 0 Å². The van der Waals surface area contributed by atoms with Gasteiger partial charge >= 0.3 is 6.61 Å². The minimum atomic E-state index is -2.90. The van der Waals surface area contributed by atoms with Gasteiger partial charge in [0.2, 0.25) is 11.5 Å². The summed E-state index contributed by atoms with van der Waals surface area (Å²) in [6.45, 7) is -2.53. The highest BCUT2D eigenvalue weighted by atomic mass is 19.3. The molecule has 0 saturated carbocycles. The van der Waals surface area contributed by atoms with Gasteiger partial charge in [-0.15, -0.1) is 10.2 Å². The van der Waals surface area contributed by atoms with Gasteiger partial charge in [-0.05, 0) is 29.8 Å². The molecule has 0 saturated heterocycles. The molecule has 2 aromatic heterocycles. The Balaban J connectivity index is 1.63. The lowest BCUT2D eigenvalue weighted by atomic mass is 10.2. The van der Waals surface area contributed by atoms with Crippen LogP contribution >= 0.6 is 0 Å². The van der Waals surface area contributed by atoms with E-state index >= 15 is 0 Å². The van der Waals surface area contributed by atoms with E-state index in [1.165, 1.54) is 22.7 Å². The van der Waals surface area contributed by atoms with E-state index in [2.05, 4.69) is 19.9 Å². The molecule has 4 aromatic rings. The van der Waals surface area contributed by atoms with E-state index in [-0.39, 0.29) is 11.4 Å². The predicted octanol–water partition coefficient (Wildman–Crippen LogP) is 3.31. The quantitative estimate of drug-likeness (QED) is 0.517. The van der Waals surface area contributed by atoms with Crippen LogP contribution in [0.5, 0.6) is 11.6 Å². The van der Waals surface area contributed by atoms with Crippen LogP contribution in [0.15, 0.2) is 65.6 Å². The molecule has 2 heterocycles. The monoisotopic (exact) mass is 398 g/mol. The summed E-state index contributed by atoms with van der Waals surface area (Å²) >= 11 is 0. The SMILES string of the molecule is O=c1[nH]cc(OCCc2ccccc2)n2c(-c3ccc(OC(F)F)cc3)nnc12. The molecule has 7 nitrogen and oxygen atoms in total. The van der Waals surface area contributed by atoms with E-state index in [1.54, 1.807) is 12.1 Å². The summed E-state index contributed by atoms with van der Waals surface area (Å²) in [4.78, 5) is 14.7. The van der Waals surface area contributed by atoms with Crippen molar-refractivity contribution in [3.05, 3.63) is 76.7 Å². The maximum absolute atomic E-state index is 12.3. The maximum Gasteiger partial charge on any atom is 0.387 e. The lowest BCUT2D eigenvalue weighted by molar-refractivity contribution is -0.0498. The molecular weight excluding hydrogens is 382 g/mol. The van der Waals surface area contributed by atoms with Gasteiger partial charge in [0.1, 0.15) is 5.75 Å². The fraction of sp³-hybridized carbons (Fsp3) is 0.150. The number of halogens is 2. The van der Waals surface area contributed by atoms with Gasteiger partial charge in [0.15, 0.2) is 5.82 Å². The van der Waals surface area contributed by atoms with Crippen molar-refractivity contribution in [2.45, 2.75) is 13.0 Å². The molecule has 0 aliphatic heterocycles. The van der Waals surface area contributed by atoms with Crippen molar-refractivity contribution >= 4 is 5.65 Å². The molecular formula is C20H16F2N4O3. The van der Waals surface area contributed by atoms with Crippen LogP contribution in [0.4, 0.5) is 8.78 Å². The number of nitrogens with zero attached hydrogens (tertiary/aromatic N) is 3. The van der Waals surface area contributed by atoms with Crippen molar-refractivity contribution in [2.24, 2.45) is 0 Å². The van der Waals surface area contributed by atoms with Crippen LogP contribution < -0.4 is 15.0 Å². The van der Waals surface area contributed by atoms with Crippen LogP contribution in [0.1, 0.15) is 5.56 Å². The largest absolute Gasteiger partial charge is 0.477 e. The second kappa shape index (κ2) is 8.09. The Hall–Kier alpha value is -3.75. The molecule has 0 radical (unpaired) electrons. The second-order valence-corrected chi connectivity index (χ2v) is 6.13. The van der Waals surface area contributed by atoms with E-state index in [0.29, 0.717) is 30.3 Å². The first-order valence-electron chi connectivity index (χ1n) is 8.80. The number of H-pyrrole nitrogens is 1. The topological polar surface area (TPSA) is 81.5 Å². The molecule has 29 heavy (non-hydrogen) atoms. The van der Waals surface area contributed by atoms with Crippen molar-refractivity contribution in [1.29, 1.82) is 0 Å². The van der Waals surface area contributed by atoms with E-state index < -0.39 is 12.2 Å². The molecule has 0 bridgehead atoms. The summed E-state index contributed by atoms with van der Waals surface area (Å²) < 4.78 is 36.4. The third kappa shape index (κ3) is 4.08. The number of ether oxygens (including phenoxy) is 2. The van der Waals surface area contributed by atoms with Gasteiger partial charge in [0, 0.05) is 12.0 Å². The number of rotatable bonds is 7. The average molecular weight is 398 g/mol. The molecule has 0 atom stereocenters. The molecule has 0 aliphatic rings. The Kier molecular flexibility index (Phi) is 5.19. The third-order valence-corrected chi connectivity index (χ3v) is 4.23. The number of nitrogens with one attached hydrogen (secondary N) is 1. The van der Waals surface area contributed by atoms with Crippen LogP contribution in [0.25, 0.3) is 17.0 Å². The molecule has 2 aromatic carbocycles. The number of alkyl halides is 2. The first kappa shape index (κ1) is 18.6. The van der Waals surface area contributed by atoms with Gasteiger partial charge in [-0.3, -0.25) is 4.79 Å². The van der Waals surface area contributed by atoms with Gasteiger partial charge in [-0.25, -0.2) is 4.40 Å². The maximum atomic E-state index is 12.3. The molecule has 0 aliphatic carbocycles. The first-order chi connectivity index (χ1) is 14.1. The van der Waals surface area contributed by atoms with Crippen molar-refractivity contribution in [2.75, 3.05) is 6.61 Å². The smallest absolute Gasteiger partial charge is 0.387 e. The van der Waals surface area contributed by atoms with Gasteiger partial charge in [0.25, 0.3) is 5.56 Å². The number of hydrogen-bond donors (Lipinski definition) is 1. The number of aromatic amines is 1. The lowest BCUT2D eigenvalue weighted by Crippen LogP contribution is -2.13. The Labute approximate surface area is 163 Å². The van der Waals surface area contributed by atoms with E-state index in [1.807, 2.05) is 30.3 Å². The summed E-state index contributed by atoms with van der Waals surface area (Å²) in [5, 5.41) is 8.00. The van der Waals surface area contributed by atoms with Crippen molar-refractivity contribution < 1.29 is 18.3 Å². The summed E-state index contributed by atoms with van der Waals surface area (Å²) in [5.41, 5.74) is 1.34. The Morgan fingerprint density at radius 1 is 1.03 bits per heavy atom. The van der Waals surface area contributed by atoms with Gasteiger partial charge < -0.3 is 14.5 Å². The van der Waals surface area contributed by atoms with Gasteiger partial charge in [-0.1, -0.05) is 30.3 Å². The minimum absolute atomic E-state index is 0.0229. The van der Waals surface area contributed by atoms with Crippen molar-refractivity contribution in [3.8, 4) is 23.0 Å². The number of benzene rings is 2. The van der Waals surface area contributed by atoms with Crippen LogP contribution in [0.3, 0.4) is 0 Å². The highest BCUT2D eigenvalue weighted by Gasteiger charge is 2.16. The second-order valence-electron chi connectivity index (χ2n) is 6.13. The first-order valence-corrected chi connectivity index (χ1v) is 8.80. The van der Waals surface area contributed by atoms with E-state index in [0.717, 1.165) is 5.56 Å². The zero-order valence-corrected chi connectivity index (χ0v) is 15.1. The molecule has 9 heteroatoms. The zero-order chi connectivity index (χ0) is 20.2. The summed E-state index contributed by atoms with van der Waals surface area (Å²) in [5.74, 6) is 0.739. The predicted molar refractivity (Wildman–Crippen MR) is 101 cm³/mol. The fourth-order valence-corrected chi connectivity index (χ4v) is 2.89. The molecule has 4 rings (SSSR count). The standard InChI is InChI=1S/C20H16F2N4O3/c21-20(22)29-15-8-6-14(7-9-15)17-24-25-18-19(27)23-12-16(26(17)18)28-11-10-13-4-2-1-3-5-13/h1-9,12,20H,10-11H2,(H,23,27). The molecule has 0 spiro atoms. The Bertz CT molecular complexity index is 1160. The zero-order valence-electron chi connectivity index (χ0n) is 15.1. The Morgan fingerprint density at radius 2 is 1.79 bits per heavy atom. The van der Waals surface area contributed by atoms with Crippen LogP contribution in [0, 0.1) is 0 Å². The number of fused-ring (bicyclic) bond motifs is 1. The lowest BCUT2D eigenvalue weighted by Gasteiger charge is -2.10. The average Bonchev–Trinajstić information content (AvgIpc) is 3.17. The third-order valence-electron chi connectivity index (χ3n) is 4.23. The Morgan fingerprint density at radius 3 is 2.52 bits per heavy atom. The van der Waals surface area contributed by atoms with Gasteiger partial charge in [0.05, 0.1) is 12.8 Å². The highest BCUT2D eigenvalue weighted by molar-refractivity contribution is 5.61. The van der Waals surface area contributed by atoms with Crippen molar-refractivity contribution in [1.82, 2.24) is 19.6 Å². The van der Waals surface area contributed by atoms with E-state index in [9.17, 15) is 13.6 Å². The van der Waals surface area contributed by atoms with Crippen LogP contribution in [-0.4, -0.2) is 32.8 Å². The highest BCUT2D eigenvalue weighted by Crippen LogP contribution is 2.24. The van der Waals surface area contributed by atoms with Crippen molar-refractivity contribution in [3.63, 3.8) is 0 Å². The molecule has 1 N–H and O–H groups in total. The molecule has 0 unspecified atom stereocenters. The molecule has 0 fully saturated rings. The van der Waals surface area contributed by atoms with Gasteiger partial charge in [-0.2, -0.15) is 8.78 Å². The minimum Gasteiger partial charge on any atom is -0.477 e. The van der Waals surface area contributed by atoms with E-state index in [4.69, 9.17) is 4.74 Å². The number of hydrogen-bond acceptors (Lipinski definition) is 5. The fourth-order valence-electron chi connectivity index (χ4n) is 2.89. The molecule has 148 valence electrons. The molecule has 0 amide bonds. The summed E-state index contributed by atoms with van der Waals surface area (Å²) in [7, 11) is 0. The normalized spacial score (nSPS) is 11.1.